The first-order valence-electron chi connectivity index (χ1n) is 12.1. The second-order valence-electron chi connectivity index (χ2n) is 9.13. The van der Waals surface area contributed by atoms with Crippen molar-refractivity contribution in [2.24, 2.45) is 0 Å². The number of halogens is 6. The molecule has 0 radical (unpaired) electrons. The number of hydrogen-bond donors (Lipinski definition) is 0. The van der Waals surface area contributed by atoms with Crippen LogP contribution >= 0.6 is 0 Å². The Balaban J connectivity index is 2.01. The second kappa shape index (κ2) is 13.6. The Labute approximate surface area is 224 Å². The second-order valence-corrected chi connectivity index (χ2v) is 9.13. The van der Waals surface area contributed by atoms with Gasteiger partial charge in [-0.15, -0.1) is 5.10 Å². The Morgan fingerprint density at radius 3 is 1.93 bits per heavy atom. The molecule has 1 aromatic carbocycles. The van der Waals surface area contributed by atoms with Crippen LogP contribution in [-0.4, -0.2) is 51.5 Å². The summed E-state index contributed by atoms with van der Waals surface area (Å²) >= 11 is 0. The van der Waals surface area contributed by atoms with Crippen LogP contribution in [0.2, 0.25) is 0 Å². The molecule has 0 unspecified atom stereocenters. The van der Waals surface area contributed by atoms with E-state index in [2.05, 4.69) is 5.10 Å². The van der Waals surface area contributed by atoms with Gasteiger partial charge in [-0.1, -0.05) is 0 Å². The smallest absolute Gasteiger partial charge is 0.389 e. The molecule has 2 rings (SSSR count). The molecule has 0 saturated heterocycles. The van der Waals surface area contributed by atoms with Crippen LogP contribution in [-0.2, 0) is 17.9 Å². The van der Waals surface area contributed by atoms with Gasteiger partial charge in [0.1, 0.15) is 17.1 Å². The summed E-state index contributed by atoms with van der Waals surface area (Å²) in [6.45, 7) is 1.39. The van der Waals surface area contributed by atoms with Crippen molar-refractivity contribution in [2.45, 2.75) is 77.0 Å². The summed E-state index contributed by atoms with van der Waals surface area (Å²) in [7, 11) is 0. The number of hydrogen-bond acceptors (Lipinski definition) is 8. The SMILES string of the molecule is CC(C)(Oc1ccc(OCCCOc2nn(CCCC(F)(F)F)c(=O)n(CCCC(F)(F)F)c2=O)cc1)C(=O)[O-]. The molecule has 0 saturated carbocycles. The maximum absolute atomic E-state index is 12.6. The normalized spacial score (nSPS) is 12.3. The monoisotopic (exact) mass is 584 g/mol. The third-order valence-electron chi connectivity index (χ3n) is 5.25. The molecule has 16 heteroatoms. The van der Waals surface area contributed by atoms with Crippen molar-refractivity contribution in [3.63, 3.8) is 0 Å². The number of carbonyl (C=O) groups is 1. The molecule has 0 bridgehead atoms. The Bertz CT molecular complexity index is 1240. The molecule has 0 atom stereocenters. The number of alkyl halides is 6. The Hall–Kier alpha value is -3.72. The molecule has 0 aliphatic rings. The number of nitrogens with zero attached hydrogens (tertiary/aromatic N) is 3. The molecule has 0 aliphatic carbocycles. The zero-order chi connectivity index (χ0) is 30.1. The topological polar surface area (TPSA) is 125 Å². The molecule has 0 amide bonds. The summed E-state index contributed by atoms with van der Waals surface area (Å²) in [6, 6.07) is 5.98. The van der Waals surface area contributed by atoms with E-state index < -0.39 is 79.8 Å². The molecule has 40 heavy (non-hydrogen) atoms. The molecular formula is C24H28F6N3O7-. The van der Waals surface area contributed by atoms with Gasteiger partial charge < -0.3 is 24.1 Å². The third kappa shape index (κ3) is 10.8. The third-order valence-corrected chi connectivity index (χ3v) is 5.25. The lowest BCUT2D eigenvalue weighted by Gasteiger charge is -2.27. The van der Waals surface area contributed by atoms with Gasteiger partial charge in [-0.25, -0.2) is 9.48 Å². The van der Waals surface area contributed by atoms with Crippen molar-refractivity contribution in [1.82, 2.24) is 14.3 Å². The van der Waals surface area contributed by atoms with Gasteiger partial charge in [0.05, 0.1) is 19.2 Å². The van der Waals surface area contributed by atoms with Gasteiger partial charge in [0.25, 0.3) is 5.88 Å². The van der Waals surface area contributed by atoms with Gasteiger partial charge in [-0.2, -0.15) is 26.3 Å². The summed E-state index contributed by atoms with van der Waals surface area (Å²) in [6.07, 6.45) is -12.5. The highest BCUT2D eigenvalue weighted by Gasteiger charge is 2.28. The minimum atomic E-state index is -4.53. The Morgan fingerprint density at radius 1 is 0.850 bits per heavy atom. The lowest BCUT2D eigenvalue weighted by molar-refractivity contribution is -0.320. The number of benzene rings is 1. The van der Waals surface area contributed by atoms with Gasteiger partial charge in [0.15, 0.2) is 0 Å². The highest BCUT2D eigenvalue weighted by Crippen LogP contribution is 2.23. The van der Waals surface area contributed by atoms with Crippen LogP contribution in [0.4, 0.5) is 26.3 Å². The minimum absolute atomic E-state index is 0.0652. The lowest BCUT2D eigenvalue weighted by Crippen LogP contribution is -2.47. The van der Waals surface area contributed by atoms with Crippen molar-refractivity contribution in [2.75, 3.05) is 13.2 Å². The van der Waals surface area contributed by atoms with E-state index in [1.165, 1.54) is 38.1 Å². The summed E-state index contributed by atoms with van der Waals surface area (Å²) in [5, 5.41) is 14.7. The summed E-state index contributed by atoms with van der Waals surface area (Å²) in [5.74, 6) is -1.39. The van der Waals surface area contributed by atoms with E-state index in [1.54, 1.807) is 0 Å². The van der Waals surface area contributed by atoms with Crippen molar-refractivity contribution in [1.29, 1.82) is 0 Å². The molecule has 2 aromatic rings. The largest absolute Gasteiger partial charge is 0.546 e. The fraction of sp³-hybridized carbons (Fsp3) is 0.583. The van der Waals surface area contributed by atoms with Gasteiger partial charge >= 0.3 is 23.6 Å². The lowest BCUT2D eigenvalue weighted by atomic mass is 10.1. The molecule has 0 fully saturated rings. The molecule has 10 nitrogen and oxygen atoms in total. The zero-order valence-electron chi connectivity index (χ0n) is 21.6. The van der Waals surface area contributed by atoms with Crippen LogP contribution in [0.25, 0.3) is 0 Å². The number of carboxylic acid groups (broad SMARTS) is 1. The number of aliphatic carboxylic acids is 1. The number of aromatic nitrogens is 3. The average molecular weight is 584 g/mol. The average Bonchev–Trinajstić information content (AvgIpc) is 2.82. The minimum Gasteiger partial charge on any atom is -0.546 e. The summed E-state index contributed by atoms with van der Waals surface area (Å²) in [4.78, 5) is 36.2. The van der Waals surface area contributed by atoms with E-state index in [0.29, 0.717) is 15.0 Å². The van der Waals surface area contributed by atoms with Crippen LogP contribution in [0.3, 0.4) is 0 Å². The molecular weight excluding hydrogens is 556 g/mol. The molecule has 224 valence electrons. The van der Waals surface area contributed by atoms with E-state index in [4.69, 9.17) is 14.2 Å². The molecule has 0 spiro atoms. The number of ether oxygens (including phenoxy) is 3. The Kier molecular flexibility index (Phi) is 11.0. The van der Waals surface area contributed by atoms with Gasteiger partial charge in [0.2, 0.25) is 0 Å². The van der Waals surface area contributed by atoms with E-state index in [1.807, 2.05) is 0 Å². The first-order chi connectivity index (χ1) is 18.5. The molecule has 1 heterocycles. The van der Waals surface area contributed by atoms with Gasteiger partial charge in [0, 0.05) is 32.4 Å². The maximum atomic E-state index is 12.6. The van der Waals surface area contributed by atoms with Crippen molar-refractivity contribution in [3.05, 3.63) is 45.1 Å². The van der Waals surface area contributed by atoms with E-state index in [-0.39, 0.29) is 25.4 Å². The fourth-order valence-corrected chi connectivity index (χ4v) is 3.20. The van der Waals surface area contributed by atoms with Gasteiger partial charge in [-0.05, 0) is 51.0 Å². The van der Waals surface area contributed by atoms with Crippen LogP contribution in [0.5, 0.6) is 17.4 Å². The first kappa shape index (κ1) is 32.5. The molecule has 1 aromatic heterocycles. The zero-order valence-corrected chi connectivity index (χ0v) is 21.6. The van der Waals surface area contributed by atoms with Crippen molar-refractivity contribution < 1.29 is 50.5 Å². The van der Waals surface area contributed by atoms with Crippen molar-refractivity contribution in [3.8, 4) is 17.4 Å². The van der Waals surface area contributed by atoms with E-state index >= 15 is 0 Å². The number of carboxylic acids is 1. The van der Waals surface area contributed by atoms with Crippen LogP contribution in [0.15, 0.2) is 33.9 Å². The number of rotatable bonds is 15. The fourth-order valence-electron chi connectivity index (χ4n) is 3.20. The Morgan fingerprint density at radius 2 is 1.38 bits per heavy atom. The predicted molar refractivity (Wildman–Crippen MR) is 125 cm³/mol. The molecule has 0 aliphatic heterocycles. The maximum Gasteiger partial charge on any atom is 0.389 e. The van der Waals surface area contributed by atoms with Crippen LogP contribution in [0.1, 0.15) is 46.0 Å². The molecule has 0 N–H and O–H groups in total. The van der Waals surface area contributed by atoms with E-state index in [0.717, 1.165) is 0 Å². The van der Waals surface area contributed by atoms with Crippen molar-refractivity contribution >= 4 is 5.97 Å². The first-order valence-corrected chi connectivity index (χ1v) is 12.1. The van der Waals surface area contributed by atoms with E-state index in [9.17, 15) is 45.8 Å². The van der Waals surface area contributed by atoms with Gasteiger partial charge in [-0.3, -0.25) is 9.36 Å². The van der Waals surface area contributed by atoms with Crippen LogP contribution < -0.4 is 30.6 Å². The summed E-state index contributed by atoms with van der Waals surface area (Å²) in [5.41, 5.74) is -3.79. The highest BCUT2D eigenvalue weighted by molar-refractivity contribution is 5.74. The van der Waals surface area contributed by atoms with Crippen LogP contribution in [0, 0.1) is 0 Å². The quantitative estimate of drug-likeness (QED) is 0.231. The number of carbonyl (C=O) groups excluding carboxylic acids is 1. The highest BCUT2D eigenvalue weighted by atomic mass is 19.4. The summed E-state index contributed by atoms with van der Waals surface area (Å²) < 4.78 is 92.2. The standard InChI is InChI=1S/C24H29F6N3O7/c1-22(2,20(35)36)40-17-8-6-16(7-9-17)38-14-5-15-39-18-19(34)32(12-3-10-23(25,26)27)21(37)33(31-18)13-4-11-24(28,29)30/h6-9H,3-5,10-15H2,1-2H3,(H,35,36)/p-1. The predicted octanol–water partition coefficient (Wildman–Crippen LogP) is 2.85. The number of aryl methyl sites for hydroxylation is 1.